The standard InChI is InChI=1S/C8H11NS/c1-9-5-2-3-7-4-6-10-8(7)9/h4,6H,2-3,5H2,1H3. The Hall–Kier alpha value is -0.500. The molecule has 0 amide bonds. The molecule has 2 rings (SSSR count). The Labute approximate surface area is 65.3 Å². The Kier molecular flexibility index (Phi) is 1.42. The van der Waals surface area contributed by atoms with Crippen LogP contribution in [0, 0.1) is 0 Å². The van der Waals surface area contributed by atoms with Crippen LogP contribution in [0.15, 0.2) is 11.4 Å². The fraction of sp³-hybridized carbons (Fsp3) is 0.500. The van der Waals surface area contributed by atoms with Crippen molar-refractivity contribution in [3.8, 4) is 0 Å². The minimum Gasteiger partial charge on any atom is -0.366 e. The second-order valence-electron chi connectivity index (χ2n) is 2.78. The minimum absolute atomic E-state index is 1.23. The van der Waals surface area contributed by atoms with Crippen LogP contribution in [0.25, 0.3) is 0 Å². The van der Waals surface area contributed by atoms with E-state index in [4.69, 9.17) is 0 Å². The van der Waals surface area contributed by atoms with Crippen LogP contribution in [0.1, 0.15) is 12.0 Å². The fourth-order valence-corrected chi connectivity index (χ4v) is 2.42. The Morgan fingerprint density at radius 1 is 1.60 bits per heavy atom. The Morgan fingerprint density at radius 3 is 3.30 bits per heavy atom. The van der Waals surface area contributed by atoms with Crippen LogP contribution in [-0.2, 0) is 6.42 Å². The van der Waals surface area contributed by atoms with Gasteiger partial charge in [-0.2, -0.15) is 0 Å². The number of hydrogen-bond acceptors (Lipinski definition) is 2. The fourth-order valence-electron chi connectivity index (χ4n) is 1.46. The van der Waals surface area contributed by atoms with Gasteiger partial charge >= 0.3 is 0 Å². The molecule has 1 aromatic rings. The molecule has 0 spiro atoms. The SMILES string of the molecule is CN1CCCc2ccsc21. The van der Waals surface area contributed by atoms with Gasteiger partial charge in [-0.3, -0.25) is 0 Å². The lowest BCUT2D eigenvalue weighted by molar-refractivity contribution is 0.754. The quantitative estimate of drug-likeness (QED) is 0.552. The van der Waals surface area contributed by atoms with E-state index in [-0.39, 0.29) is 0 Å². The number of hydrogen-bond donors (Lipinski definition) is 0. The minimum atomic E-state index is 1.23. The lowest BCUT2D eigenvalue weighted by Gasteiger charge is -2.23. The topological polar surface area (TPSA) is 3.24 Å². The Balaban J connectivity index is 2.41. The Morgan fingerprint density at radius 2 is 2.50 bits per heavy atom. The van der Waals surface area contributed by atoms with Gasteiger partial charge < -0.3 is 4.90 Å². The third-order valence-electron chi connectivity index (χ3n) is 2.01. The molecule has 0 atom stereocenters. The van der Waals surface area contributed by atoms with Gasteiger partial charge in [0.15, 0.2) is 0 Å². The van der Waals surface area contributed by atoms with E-state index in [2.05, 4.69) is 23.4 Å². The van der Waals surface area contributed by atoms with Crippen LogP contribution >= 0.6 is 11.3 Å². The zero-order valence-corrected chi connectivity index (χ0v) is 6.95. The number of fused-ring (bicyclic) bond motifs is 1. The van der Waals surface area contributed by atoms with Gasteiger partial charge in [0, 0.05) is 13.6 Å². The summed E-state index contributed by atoms with van der Waals surface area (Å²) >= 11 is 1.86. The molecule has 2 heteroatoms. The van der Waals surface area contributed by atoms with E-state index in [0.29, 0.717) is 0 Å². The second-order valence-corrected chi connectivity index (χ2v) is 3.67. The van der Waals surface area contributed by atoms with Gasteiger partial charge in [-0.1, -0.05) is 0 Å². The van der Waals surface area contributed by atoms with Crippen molar-refractivity contribution < 1.29 is 0 Å². The highest BCUT2D eigenvalue weighted by Crippen LogP contribution is 2.30. The van der Waals surface area contributed by atoms with Crippen LogP contribution in [0.3, 0.4) is 0 Å². The number of nitrogens with zero attached hydrogens (tertiary/aromatic N) is 1. The Bertz CT molecular complexity index is 229. The normalized spacial score (nSPS) is 17.1. The van der Waals surface area contributed by atoms with Gasteiger partial charge in [0.05, 0.1) is 5.00 Å². The van der Waals surface area contributed by atoms with Crippen molar-refractivity contribution in [1.29, 1.82) is 0 Å². The molecule has 0 aliphatic carbocycles. The first-order chi connectivity index (χ1) is 4.88. The van der Waals surface area contributed by atoms with E-state index in [0.717, 1.165) is 0 Å². The molecule has 1 aromatic heterocycles. The van der Waals surface area contributed by atoms with Gasteiger partial charge in [-0.15, -0.1) is 11.3 Å². The molecule has 0 saturated heterocycles. The highest BCUT2D eigenvalue weighted by Gasteiger charge is 2.13. The van der Waals surface area contributed by atoms with Gasteiger partial charge in [-0.25, -0.2) is 0 Å². The average molecular weight is 153 g/mol. The number of anilines is 1. The van der Waals surface area contributed by atoms with Crippen molar-refractivity contribution in [3.63, 3.8) is 0 Å². The molecule has 0 bridgehead atoms. The largest absolute Gasteiger partial charge is 0.366 e. The van der Waals surface area contributed by atoms with Crippen molar-refractivity contribution in [2.24, 2.45) is 0 Å². The van der Waals surface area contributed by atoms with E-state index in [9.17, 15) is 0 Å². The van der Waals surface area contributed by atoms with Crippen molar-refractivity contribution in [2.75, 3.05) is 18.5 Å². The molecule has 0 N–H and O–H groups in total. The van der Waals surface area contributed by atoms with E-state index in [1.54, 1.807) is 5.56 Å². The average Bonchev–Trinajstić information content (AvgIpc) is 2.36. The summed E-state index contributed by atoms with van der Waals surface area (Å²) < 4.78 is 0. The summed E-state index contributed by atoms with van der Waals surface area (Å²) in [4.78, 5) is 2.35. The van der Waals surface area contributed by atoms with Crippen LogP contribution in [0.2, 0.25) is 0 Å². The summed E-state index contributed by atoms with van der Waals surface area (Å²) in [6, 6.07) is 2.25. The molecular formula is C8H11NS. The molecule has 1 aliphatic rings. The molecule has 0 saturated carbocycles. The third kappa shape index (κ3) is 0.833. The molecule has 1 nitrogen and oxygen atoms in total. The summed E-state index contributed by atoms with van der Waals surface area (Å²) in [5.74, 6) is 0. The monoisotopic (exact) mass is 153 g/mol. The first-order valence-electron chi connectivity index (χ1n) is 3.65. The maximum atomic E-state index is 2.35. The predicted molar refractivity (Wildman–Crippen MR) is 45.9 cm³/mol. The lowest BCUT2D eigenvalue weighted by Crippen LogP contribution is -2.22. The van der Waals surface area contributed by atoms with Crippen LogP contribution in [-0.4, -0.2) is 13.6 Å². The summed E-state index contributed by atoms with van der Waals surface area (Å²) in [7, 11) is 2.18. The maximum absolute atomic E-state index is 2.35. The van der Waals surface area contributed by atoms with Crippen molar-refractivity contribution in [1.82, 2.24) is 0 Å². The van der Waals surface area contributed by atoms with E-state index in [1.165, 1.54) is 24.4 Å². The molecule has 0 unspecified atom stereocenters. The molecule has 0 radical (unpaired) electrons. The highest BCUT2D eigenvalue weighted by molar-refractivity contribution is 7.14. The van der Waals surface area contributed by atoms with Crippen molar-refractivity contribution in [3.05, 3.63) is 17.0 Å². The number of thiophene rings is 1. The first-order valence-corrected chi connectivity index (χ1v) is 4.53. The number of aryl methyl sites for hydroxylation is 1. The van der Waals surface area contributed by atoms with Crippen LogP contribution < -0.4 is 4.90 Å². The van der Waals surface area contributed by atoms with Crippen LogP contribution in [0.4, 0.5) is 5.00 Å². The van der Waals surface area contributed by atoms with Gasteiger partial charge in [0.2, 0.25) is 0 Å². The molecule has 2 heterocycles. The second kappa shape index (κ2) is 2.27. The summed E-state index contributed by atoms with van der Waals surface area (Å²) in [6.45, 7) is 1.23. The molecule has 54 valence electrons. The third-order valence-corrected chi connectivity index (χ3v) is 3.08. The van der Waals surface area contributed by atoms with Gasteiger partial charge in [-0.05, 0) is 29.9 Å². The summed E-state index contributed by atoms with van der Waals surface area (Å²) in [5, 5.41) is 3.67. The zero-order valence-electron chi connectivity index (χ0n) is 6.13. The van der Waals surface area contributed by atoms with Crippen molar-refractivity contribution >= 4 is 16.3 Å². The first kappa shape index (κ1) is 6.23. The number of rotatable bonds is 0. The van der Waals surface area contributed by atoms with Crippen LogP contribution in [0.5, 0.6) is 0 Å². The highest BCUT2D eigenvalue weighted by atomic mass is 32.1. The molecular weight excluding hydrogens is 142 g/mol. The predicted octanol–water partition coefficient (Wildman–Crippen LogP) is 2.13. The van der Waals surface area contributed by atoms with E-state index in [1.807, 2.05) is 11.3 Å². The lowest BCUT2D eigenvalue weighted by atomic mass is 10.1. The van der Waals surface area contributed by atoms with E-state index >= 15 is 0 Å². The molecule has 0 fully saturated rings. The van der Waals surface area contributed by atoms with Gasteiger partial charge in [0.25, 0.3) is 0 Å². The molecule has 10 heavy (non-hydrogen) atoms. The summed E-state index contributed by atoms with van der Waals surface area (Å²) in [5.41, 5.74) is 1.54. The maximum Gasteiger partial charge on any atom is 0.0938 e. The molecule has 0 aromatic carbocycles. The zero-order chi connectivity index (χ0) is 6.97. The van der Waals surface area contributed by atoms with E-state index < -0.39 is 0 Å². The van der Waals surface area contributed by atoms with Gasteiger partial charge in [0.1, 0.15) is 0 Å². The smallest absolute Gasteiger partial charge is 0.0938 e. The van der Waals surface area contributed by atoms with Crippen molar-refractivity contribution in [2.45, 2.75) is 12.8 Å². The summed E-state index contributed by atoms with van der Waals surface area (Å²) in [6.07, 6.45) is 2.60. The molecule has 1 aliphatic heterocycles.